The molecule has 0 saturated heterocycles. The highest BCUT2D eigenvalue weighted by Crippen LogP contribution is 2.45. The Labute approximate surface area is 248 Å². The van der Waals surface area contributed by atoms with Gasteiger partial charge in [0.2, 0.25) is 5.90 Å². The molecule has 1 aliphatic heterocycles. The zero-order valence-corrected chi connectivity index (χ0v) is 24.3. The Morgan fingerprint density at radius 1 is 1.10 bits per heavy atom. The predicted molar refractivity (Wildman–Crippen MR) is 155 cm³/mol. The molecule has 0 bridgehead atoms. The lowest BCUT2D eigenvalue weighted by atomic mass is 9.85. The number of aliphatic imine (C=N–C) groups is 1. The van der Waals surface area contributed by atoms with Crippen LogP contribution in [0.4, 0.5) is 4.39 Å². The van der Waals surface area contributed by atoms with Crippen LogP contribution in [0.25, 0.3) is 0 Å². The largest absolute Gasteiger partial charge is 0.494 e. The fourth-order valence-electron chi connectivity index (χ4n) is 4.41. The van der Waals surface area contributed by atoms with Gasteiger partial charge >= 0.3 is 0 Å². The smallest absolute Gasteiger partial charge is 0.252 e. The third-order valence-corrected chi connectivity index (χ3v) is 8.80. The average molecular weight is 624 g/mol. The highest BCUT2D eigenvalue weighted by molar-refractivity contribution is 7.91. The quantitative estimate of drug-likeness (QED) is 0.260. The molecular formula is C29H29Cl2FN2O6S. The summed E-state index contributed by atoms with van der Waals surface area (Å²) in [5.41, 5.74) is -0.938. The second-order valence-corrected chi connectivity index (χ2v) is 12.2. The second-order valence-electron chi connectivity index (χ2n) is 9.28. The number of amides is 1. The Hall–Kier alpha value is -3.18. The summed E-state index contributed by atoms with van der Waals surface area (Å²) in [6, 6.07) is 19.3. The molecule has 12 heteroatoms. The molecule has 0 unspecified atom stereocenters. The number of nitrogens with zero attached hydrogens (tertiary/aromatic N) is 1. The number of benzene rings is 3. The lowest BCUT2D eigenvalue weighted by Crippen LogP contribution is -2.49. The van der Waals surface area contributed by atoms with Crippen LogP contribution in [0.15, 0.2) is 82.7 Å². The van der Waals surface area contributed by atoms with Crippen molar-refractivity contribution >= 4 is 44.8 Å². The number of rotatable bonds is 13. The van der Waals surface area contributed by atoms with Crippen LogP contribution < -0.4 is 10.1 Å². The van der Waals surface area contributed by atoms with E-state index in [1.807, 2.05) is 0 Å². The molecule has 218 valence electrons. The summed E-state index contributed by atoms with van der Waals surface area (Å²) in [6.07, 6.45) is -0.949. The fourth-order valence-corrected chi connectivity index (χ4v) is 6.31. The Morgan fingerprint density at radius 3 is 2.49 bits per heavy atom. The first-order valence-corrected chi connectivity index (χ1v) is 15.3. The molecule has 0 spiro atoms. The van der Waals surface area contributed by atoms with E-state index in [9.17, 15) is 17.6 Å². The highest BCUT2D eigenvalue weighted by atomic mass is 35.5. The number of halogens is 3. The van der Waals surface area contributed by atoms with Gasteiger partial charge in [0.1, 0.15) is 12.4 Å². The summed E-state index contributed by atoms with van der Waals surface area (Å²) in [5.74, 6) is -0.512. The predicted octanol–water partition coefficient (Wildman–Crippen LogP) is 4.96. The van der Waals surface area contributed by atoms with E-state index in [0.717, 1.165) is 0 Å². The van der Waals surface area contributed by atoms with Gasteiger partial charge in [0.15, 0.2) is 21.5 Å². The maximum Gasteiger partial charge on any atom is 0.252 e. The number of ether oxygens (including phenoxy) is 2. The van der Waals surface area contributed by atoms with Crippen molar-refractivity contribution in [1.29, 1.82) is 0 Å². The van der Waals surface area contributed by atoms with Crippen LogP contribution >= 0.6 is 23.2 Å². The third-order valence-electron chi connectivity index (χ3n) is 6.51. The number of alkyl halides is 1. The maximum absolute atomic E-state index is 13.8. The summed E-state index contributed by atoms with van der Waals surface area (Å²) in [4.78, 5) is 18.5. The van der Waals surface area contributed by atoms with E-state index in [1.165, 1.54) is 18.2 Å². The second kappa shape index (κ2) is 13.7. The van der Waals surface area contributed by atoms with Gasteiger partial charge in [-0.1, -0.05) is 47.5 Å². The minimum Gasteiger partial charge on any atom is -0.494 e. The van der Waals surface area contributed by atoms with Crippen molar-refractivity contribution in [2.24, 2.45) is 4.99 Å². The molecule has 8 nitrogen and oxygen atoms in total. The van der Waals surface area contributed by atoms with Crippen molar-refractivity contribution in [1.82, 2.24) is 5.32 Å². The van der Waals surface area contributed by atoms with Crippen LogP contribution in [0.5, 0.6) is 5.75 Å². The van der Waals surface area contributed by atoms with Crippen LogP contribution in [0, 0.1) is 0 Å². The van der Waals surface area contributed by atoms with Crippen molar-refractivity contribution in [3.63, 3.8) is 0 Å². The van der Waals surface area contributed by atoms with Crippen molar-refractivity contribution in [2.45, 2.75) is 29.4 Å². The number of carbonyl (C=O) groups is 1. The number of hydrogen-bond acceptors (Lipinski definition) is 7. The molecule has 4 rings (SSSR count). The minimum absolute atomic E-state index is 0.00389. The SMILES string of the molecule is O=C(NCCF)[C@]1(CCS(=O)(=O)c2ccccc2)N=C(c2ccc(OCCCO)cc2)O[C@@H]1c1ccc(Cl)cc1Cl. The third kappa shape index (κ3) is 7.19. The Balaban J connectivity index is 1.77. The van der Waals surface area contributed by atoms with Gasteiger partial charge in [-0.2, -0.15) is 0 Å². The van der Waals surface area contributed by atoms with Crippen molar-refractivity contribution < 1.29 is 32.2 Å². The lowest BCUT2D eigenvalue weighted by Gasteiger charge is -2.31. The van der Waals surface area contributed by atoms with E-state index in [1.54, 1.807) is 54.6 Å². The molecule has 1 heterocycles. The van der Waals surface area contributed by atoms with Crippen LogP contribution in [0.2, 0.25) is 10.0 Å². The zero-order chi connectivity index (χ0) is 29.5. The highest BCUT2D eigenvalue weighted by Gasteiger charge is 2.54. The Morgan fingerprint density at radius 2 is 1.83 bits per heavy atom. The maximum atomic E-state index is 13.8. The topological polar surface area (TPSA) is 114 Å². The number of nitrogens with one attached hydrogen (secondary N) is 1. The minimum atomic E-state index is -3.83. The van der Waals surface area contributed by atoms with E-state index in [2.05, 4.69) is 5.32 Å². The summed E-state index contributed by atoms with van der Waals surface area (Å²) in [7, 11) is -3.83. The molecule has 41 heavy (non-hydrogen) atoms. The molecular weight excluding hydrogens is 594 g/mol. The van der Waals surface area contributed by atoms with Gasteiger partial charge < -0.3 is 19.9 Å². The van der Waals surface area contributed by atoms with E-state index in [-0.39, 0.29) is 35.4 Å². The molecule has 1 aliphatic rings. The molecule has 0 aliphatic carbocycles. The van der Waals surface area contributed by atoms with Crippen LogP contribution in [0.3, 0.4) is 0 Å². The van der Waals surface area contributed by atoms with Gasteiger partial charge in [0, 0.05) is 47.2 Å². The van der Waals surface area contributed by atoms with Gasteiger partial charge in [-0.05, 0) is 48.5 Å². The summed E-state index contributed by atoms with van der Waals surface area (Å²) in [5, 5.41) is 12.0. The van der Waals surface area contributed by atoms with Gasteiger partial charge in [0.25, 0.3) is 5.91 Å². The standard InChI is InChI=1S/C29H29Cl2FN2O6S/c30-21-9-12-24(25(31)19-21)26-29(28(36)33-15-14-32,13-18-41(37,38)23-5-2-1-3-6-23)34-27(40-26)20-7-10-22(11-8-20)39-17-4-16-35/h1-3,5-12,19,26,35H,4,13-18H2,(H,33,36)/t26-,29-/m1/s1. The van der Waals surface area contributed by atoms with Crippen molar-refractivity contribution in [3.05, 3.63) is 94.0 Å². The van der Waals surface area contributed by atoms with E-state index in [4.69, 9.17) is 42.8 Å². The molecule has 2 N–H and O–H groups in total. The molecule has 3 aromatic rings. The molecule has 0 radical (unpaired) electrons. The summed E-state index contributed by atoms with van der Waals surface area (Å²) < 4.78 is 51.5. The number of aliphatic hydroxyl groups is 1. The van der Waals surface area contributed by atoms with Gasteiger partial charge in [-0.3, -0.25) is 4.79 Å². The summed E-state index contributed by atoms with van der Waals surface area (Å²) >= 11 is 12.7. The first-order chi connectivity index (χ1) is 19.7. The molecule has 0 fully saturated rings. The van der Waals surface area contributed by atoms with Gasteiger partial charge in [-0.25, -0.2) is 17.8 Å². The van der Waals surface area contributed by atoms with Crippen LogP contribution in [-0.4, -0.2) is 63.1 Å². The molecule has 3 aromatic carbocycles. The number of carbonyl (C=O) groups excluding carboxylic acids is 1. The monoisotopic (exact) mass is 622 g/mol. The first kappa shape index (κ1) is 30.8. The summed E-state index contributed by atoms with van der Waals surface area (Å²) in [6.45, 7) is -0.786. The number of aliphatic hydroxyl groups excluding tert-OH is 1. The van der Waals surface area contributed by atoms with E-state index >= 15 is 0 Å². The Bertz CT molecular complexity index is 1490. The van der Waals surface area contributed by atoms with E-state index in [0.29, 0.717) is 34.9 Å². The number of hydrogen-bond donors (Lipinski definition) is 2. The van der Waals surface area contributed by atoms with Crippen molar-refractivity contribution in [2.75, 3.05) is 32.2 Å². The fraction of sp³-hybridized carbons (Fsp3) is 0.310. The zero-order valence-electron chi connectivity index (χ0n) is 21.9. The lowest BCUT2D eigenvalue weighted by molar-refractivity contribution is -0.129. The molecule has 0 aromatic heterocycles. The normalized spacial score (nSPS) is 18.4. The first-order valence-electron chi connectivity index (χ1n) is 12.9. The molecule has 2 atom stereocenters. The van der Waals surface area contributed by atoms with Crippen LogP contribution in [0.1, 0.15) is 30.1 Å². The van der Waals surface area contributed by atoms with Gasteiger partial charge in [-0.15, -0.1) is 0 Å². The number of sulfone groups is 1. The molecule has 0 saturated carbocycles. The van der Waals surface area contributed by atoms with Crippen LogP contribution in [-0.2, 0) is 19.4 Å². The Kier molecular flexibility index (Phi) is 10.2. The van der Waals surface area contributed by atoms with Gasteiger partial charge in [0.05, 0.1) is 17.3 Å². The average Bonchev–Trinajstić information content (AvgIpc) is 3.36. The van der Waals surface area contributed by atoms with E-state index < -0.39 is 39.8 Å². The van der Waals surface area contributed by atoms with Crippen molar-refractivity contribution in [3.8, 4) is 5.75 Å². The molecule has 1 amide bonds.